The molecule has 1 aromatic carbocycles. The number of nitrogens with zero attached hydrogens (tertiary/aromatic N) is 1. The average Bonchev–Trinajstić information content (AvgIpc) is 2.12. The van der Waals surface area contributed by atoms with E-state index in [0.29, 0.717) is 10.2 Å². The van der Waals surface area contributed by atoms with Crippen LogP contribution in [0.15, 0.2) is 35.1 Å². The fourth-order valence-electron chi connectivity index (χ4n) is 1.41. The van der Waals surface area contributed by atoms with E-state index in [1.165, 1.54) is 6.07 Å². The maximum absolute atomic E-state index is 11.1. The third-order valence-corrected chi connectivity index (χ3v) is 2.13. The summed E-state index contributed by atoms with van der Waals surface area (Å²) in [5.41, 5.74) is 1.19. The fraction of sp³-hybridized carbons (Fsp3) is 0.100. The van der Waals surface area contributed by atoms with Crippen molar-refractivity contribution in [3.8, 4) is 0 Å². The first-order valence-electron chi connectivity index (χ1n) is 4.01. The fourth-order valence-corrected chi connectivity index (χ4v) is 1.41. The number of aryl methyl sites for hydroxylation is 1. The molecule has 1 heterocycles. The number of hydrogen-bond donors (Lipinski definition) is 1. The molecule has 3 nitrogen and oxygen atoms in total. The Bertz CT molecular complexity index is 514. The van der Waals surface area contributed by atoms with E-state index in [9.17, 15) is 10.0 Å². The maximum atomic E-state index is 11.1. The standard InChI is InChI=1S/C10H9NO2/c1-7-3-2-4-9-8(7)5-6-10(12)11(9)13/h2-6,13H,1H3. The van der Waals surface area contributed by atoms with E-state index >= 15 is 0 Å². The second kappa shape index (κ2) is 2.62. The lowest BCUT2D eigenvalue weighted by atomic mass is 10.1. The number of rotatable bonds is 0. The Kier molecular flexibility index (Phi) is 1.59. The molecular weight excluding hydrogens is 166 g/mol. The summed E-state index contributed by atoms with van der Waals surface area (Å²) in [4.78, 5) is 11.1. The van der Waals surface area contributed by atoms with Gasteiger partial charge < -0.3 is 5.21 Å². The summed E-state index contributed by atoms with van der Waals surface area (Å²) in [6.45, 7) is 1.94. The molecule has 0 unspecified atom stereocenters. The third-order valence-electron chi connectivity index (χ3n) is 2.13. The normalized spacial score (nSPS) is 10.5. The lowest BCUT2D eigenvalue weighted by Gasteiger charge is -2.03. The van der Waals surface area contributed by atoms with E-state index < -0.39 is 5.56 Å². The minimum absolute atomic E-state index is 0.405. The van der Waals surface area contributed by atoms with Gasteiger partial charge in [-0.25, -0.2) is 0 Å². The maximum Gasteiger partial charge on any atom is 0.283 e. The molecule has 0 amide bonds. The van der Waals surface area contributed by atoms with Crippen molar-refractivity contribution in [3.63, 3.8) is 0 Å². The minimum Gasteiger partial charge on any atom is -0.425 e. The molecule has 2 aromatic rings. The molecule has 0 bridgehead atoms. The summed E-state index contributed by atoms with van der Waals surface area (Å²) in [5, 5.41) is 10.3. The molecule has 0 aliphatic rings. The zero-order valence-electron chi connectivity index (χ0n) is 7.19. The first-order chi connectivity index (χ1) is 6.20. The summed E-state index contributed by atoms with van der Waals surface area (Å²) < 4.78 is 0.669. The van der Waals surface area contributed by atoms with Gasteiger partial charge in [0.15, 0.2) is 0 Å². The van der Waals surface area contributed by atoms with Gasteiger partial charge >= 0.3 is 0 Å². The van der Waals surface area contributed by atoms with Crippen LogP contribution in [-0.4, -0.2) is 9.94 Å². The number of hydrogen-bond acceptors (Lipinski definition) is 2. The summed E-state index contributed by atoms with van der Waals surface area (Å²) in [5.74, 6) is 0. The second-order valence-electron chi connectivity index (χ2n) is 2.99. The highest BCUT2D eigenvalue weighted by Crippen LogP contribution is 2.14. The van der Waals surface area contributed by atoms with Crippen molar-refractivity contribution >= 4 is 10.9 Å². The van der Waals surface area contributed by atoms with E-state index in [0.717, 1.165) is 10.9 Å². The zero-order valence-corrected chi connectivity index (χ0v) is 7.19. The van der Waals surface area contributed by atoms with E-state index in [4.69, 9.17) is 0 Å². The van der Waals surface area contributed by atoms with Crippen molar-refractivity contribution in [2.45, 2.75) is 6.92 Å². The molecule has 0 aliphatic heterocycles. The molecule has 13 heavy (non-hydrogen) atoms. The Balaban J connectivity index is 3.03. The highest BCUT2D eigenvalue weighted by Gasteiger charge is 2.01. The topological polar surface area (TPSA) is 42.2 Å². The first kappa shape index (κ1) is 7.86. The summed E-state index contributed by atoms with van der Waals surface area (Å²) in [6, 6.07) is 8.54. The van der Waals surface area contributed by atoms with Gasteiger partial charge in [-0.05, 0) is 24.6 Å². The van der Waals surface area contributed by atoms with Gasteiger partial charge in [-0.15, -0.1) is 4.73 Å². The van der Waals surface area contributed by atoms with E-state index in [1.54, 1.807) is 12.1 Å². The Morgan fingerprint density at radius 2 is 2.00 bits per heavy atom. The zero-order chi connectivity index (χ0) is 9.42. The van der Waals surface area contributed by atoms with Crippen LogP contribution in [0.5, 0.6) is 0 Å². The molecule has 1 aromatic heterocycles. The molecule has 0 atom stereocenters. The predicted octanol–water partition coefficient (Wildman–Crippen LogP) is 1.55. The lowest BCUT2D eigenvalue weighted by Crippen LogP contribution is -2.16. The molecule has 0 saturated carbocycles. The second-order valence-corrected chi connectivity index (χ2v) is 2.99. The molecule has 0 radical (unpaired) electrons. The van der Waals surface area contributed by atoms with Crippen molar-refractivity contribution < 1.29 is 5.21 Å². The van der Waals surface area contributed by atoms with Crippen LogP contribution >= 0.6 is 0 Å². The third kappa shape index (κ3) is 1.09. The van der Waals surface area contributed by atoms with Gasteiger partial charge in [0.05, 0.1) is 5.52 Å². The van der Waals surface area contributed by atoms with E-state index in [2.05, 4.69) is 0 Å². The Morgan fingerprint density at radius 3 is 2.77 bits per heavy atom. The lowest BCUT2D eigenvalue weighted by molar-refractivity contribution is 0.188. The number of fused-ring (bicyclic) bond motifs is 1. The Hall–Kier alpha value is -1.77. The largest absolute Gasteiger partial charge is 0.425 e. The molecule has 0 aliphatic carbocycles. The van der Waals surface area contributed by atoms with Gasteiger partial charge in [0, 0.05) is 11.5 Å². The van der Waals surface area contributed by atoms with Crippen molar-refractivity contribution in [1.82, 2.24) is 4.73 Å². The predicted molar refractivity (Wildman–Crippen MR) is 50.1 cm³/mol. The van der Waals surface area contributed by atoms with E-state index in [-0.39, 0.29) is 0 Å². The highest BCUT2D eigenvalue weighted by atomic mass is 16.5. The van der Waals surface area contributed by atoms with Gasteiger partial charge in [0.1, 0.15) is 0 Å². The summed E-state index contributed by atoms with van der Waals surface area (Å²) in [7, 11) is 0. The van der Waals surface area contributed by atoms with Gasteiger partial charge in [-0.3, -0.25) is 4.79 Å². The van der Waals surface area contributed by atoms with Gasteiger partial charge in [0.2, 0.25) is 0 Å². The van der Waals surface area contributed by atoms with Crippen LogP contribution in [-0.2, 0) is 0 Å². The van der Waals surface area contributed by atoms with Gasteiger partial charge in [0.25, 0.3) is 5.56 Å². The van der Waals surface area contributed by atoms with Crippen LogP contribution in [0, 0.1) is 6.92 Å². The molecular formula is C10H9NO2. The monoisotopic (exact) mass is 175 g/mol. The van der Waals surface area contributed by atoms with Gasteiger partial charge in [-0.2, -0.15) is 0 Å². The Morgan fingerprint density at radius 1 is 1.23 bits per heavy atom. The molecule has 0 saturated heterocycles. The Labute approximate surface area is 74.8 Å². The van der Waals surface area contributed by atoms with Crippen molar-refractivity contribution in [3.05, 3.63) is 46.2 Å². The van der Waals surface area contributed by atoms with Crippen LogP contribution < -0.4 is 5.56 Å². The van der Waals surface area contributed by atoms with Crippen LogP contribution in [0.1, 0.15) is 5.56 Å². The molecule has 2 rings (SSSR count). The van der Waals surface area contributed by atoms with Crippen LogP contribution in [0.4, 0.5) is 0 Å². The average molecular weight is 175 g/mol. The van der Waals surface area contributed by atoms with Crippen molar-refractivity contribution in [2.75, 3.05) is 0 Å². The molecule has 3 heteroatoms. The highest BCUT2D eigenvalue weighted by molar-refractivity contribution is 5.81. The van der Waals surface area contributed by atoms with Crippen molar-refractivity contribution in [1.29, 1.82) is 0 Å². The molecule has 0 fully saturated rings. The number of benzene rings is 1. The van der Waals surface area contributed by atoms with Gasteiger partial charge in [-0.1, -0.05) is 12.1 Å². The van der Waals surface area contributed by atoms with E-state index in [1.807, 2.05) is 19.1 Å². The quantitative estimate of drug-likeness (QED) is 0.617. The molecule has 0 spiro atoms. The van der Waals surface area contributed by atoms with Crippen LogP contribution in [0.3, 0.4) is 0 Å². The van der Waals surface area contributed by atoms with Crippen LogP contribution in [0.25, 0.3) is 10.9 Å². The molecule has 1 N–H and O–H groups in total. The SMILES string of the molecule is Cc1cccc2c1ccc(=O)n2O. The minimum atomic E-state index is -0.405. The number of pyridine rings is 1. The van der Waals surface area contributed by atoms with Crippen LogP contribution in [0.2, 0.25) is 0 Å². The molecule has 66 valence electrons. The first-order valence-corrected chi connectivity index (χ1v) is 4.01. The van der Waals surface area contributed by atoms with Crippen molar-refractivity contribution in [2.24, 2.45) is 0 Å². The summed E-state index contributed by atoms with van der Waals surface area (Å²) >= 11 is 0. The smallest absolute Gasteiger partial charge is 0.283 e. The summed E-state index contributed by atoms with van der Waals surface area (Å²) in [6.07, 6.45) is 0. The number of aromatic nitrogens is 1.